The van der Waals surface area contributed by atoms with Crippen LogP contribution in [0.3, 0.4) is 0 Å². The van der Waals surface area contributed by atoms with Gasteiger partial charge in [0.25, 0.3) is 0 Å². The molecule has 0 atom stereocenters. The van der Waals surface area contributed by atoms with Gasteiger partial charge in [0.05, 0.1) is 18.1 Å². The summed E-state index contributed by atoms with van der Waals surface area (Å²) in [6, 6.07) is 6.02. The normalized spacial score (nSPS) is 11.9. The highest BCUT2D eigenvalue weighted by atomic mass is 19.4. The highest BCUT2D eigenvalue weighted by Gasteiger charge is 2.39. The Morgan fingerprint density at radius 2 is 1.22 bits per heavy atom. The number of alkyl halides is 6. The van der Waals surface area contributed by atoms with Crippen molar-refractivity contribution in [2.45, 2.75) is 39.0 Å². The second kappa shape index (κ2) is 10.1. The van der Waals surface area contributed by atoms with E-state index in [-0.39, 0.29) is 16.7 Å². The van der Waals surface area contributed by atoms with E-state index in [1.54, 1.807) is 19.1 Å². The highest BCUT2D eigenvalue weighted by molar-refractivity contribution is 5.95. The van der Waals surface area contributed by atoms with Crippen molar-refractivity contribution >= 4 is 23.0 Å². The molecule has 0 aliphatic heterocycles. The minimum absolute atomic E-state index is 0.0629. The summed E-state index contributed by atoms with van der Waals surface area (Å²) in [4.78, 5) is 28.9. The van der Waals surface area contributed by atoms with Crippen LogP contribution >= 0.6 is 0 Å². The van der Waals surface area contributed by atoms with Crippen molar-refractivity contribution in [3.63, 3.8) is 0 Å². The Bertz CT molecular complexity index is 1470. The first kappa shape index (κ1) is 27.5. The Morgan fingerprint density at radius 1 is 0.811 bits per heavy atom. The second-order valence-corrected chi connectivity index (χ2v) is 7.65. The molecule has 198 valence electrons. The van der Waals surface area contributed by atoms with Crippen LogP contribution < -0.4 is 0 Å². The number of hydrogen-bond donors (Lipinski definition) is 1. The molecule has 0 saturated heterocycles. The molecule has 0 saturated carbocycles. The maximum absolute atomic E-state index is 12.9. The molecule has 0 aliphatic rings. The maximum Gasteiger partial charge on any atom is 0.450 e. The van der Waals surface area contributed by atoms with Gasteiger partial charge in [-0.1, -0.05) is 26.0 Å². The number of methoxy groups -OCH3 is 1. The lowest BCUT2D eigenvalue weighted by molar-refractivity contribution is -0.146. The number of carbonyl (C=O) groups excluding carboxylic acids is 1. The number of carboxylic acids is 1. The predicted molar refractivity (Wildman–Crippen MR) is 117 cm³/mol. The first-order chi connectivity index (χ1) is 17.2. The number of carboxylic acid groups (broad SMARTS) is 1. The molecule has 4 aromatic heterocycles. The number of rotatable bonds is 4. The number of pyridine rings is 2. The van der Waals surface area contributed by atoms with Crippen molar-refractivity contribution in [2.75, 3.05) is 7.11 Å². The Kier molecular flexibility index (Phi) is 7.51. The van der Waals surface area contributed by atoms with Crippen LogP contribution in [0.4, 0.5) is 26.3 Å². The van der Waals surface area contributed by atoms with Crippen molar-refractivity contribution in [1.29, 1.82) is 0 Å². The van der Waals surface area contributed by atoms with Gasteiger partial charge in [-0.05, 0) is 36.1 Å². The monoisotopic (exact) mass is 530 g/mol. The summed E-state index contributed by atoms with van der Waals surface area (Å²) in [5.41, 5.74) is 0.472. The van der Waals surface area contributed by atoms with Gasteiger partial charge in [-0.25, -0.2) is 19.6 Å². The quantitative estimate of drug-likeness (QED) is 0.284. The number of aryl methyl sites for hydroxylation is 2. The average molecular weight is 530 g/mol. The fraction of sp³-hybridized carbons (Fsp3) is 0.304. The molecule has 8 nitrogen and oxygen atoms in total. The van der Waals surface area contributed by atoms with Gasteiger partial charge in [-0.2, -0.15) is 26.3 Å². The summed E-state index contributed by atoms with van der Waals surface area (Å²) >= 11 is 0. The SMILES string of the molecule is CCc1ccc2c(C(=O)O)nc(C(F)(F)F)n2c1.CCc1ccc2c(C(=O)OC)nc(C(F)(F)F)n2c1. The molecule has 0 unspecified atom stereocenters. The van der Waals surface area contributed by atoms with E-state index in [1.807, 2.05) is 6.92 Å². The topological polar surface area (TPSA) is 98.2 Å². The fourth-order valence-corrected chi connectivity index (χ4v) is 3.48. The fourth-order valence-electron chi connectivity index (χ4n) is 3.48. The number of imidazole rings is 2. The zero-order valence-electron chi connectivity index (χ0n) is 19.6. The van der Waals surface area contributed by atoms with Crippen LogP contribution in [-0.2, 0) is 29.9 Å². The molecule has 0 radical (unpaired) electrons. The molecule has 0 bridgehead atoms. The van der Waals surface area contributed by atoms with Gasteiger partial charge in [-0.15, -0.1) is 0 Å². The summed E-state index contributed by atoms with van der Waals surface area (Å²) in [7, 11) is 1.10. The number of halogens is 6. The van der Waals surface area contributed by atoms with Gasteiger partial charge >= 0.3 is 24.3 Å². The van der Waals surface area contributed by atoms with Crippen molar-refractivity contribution in [3.8, 4) is 0 Å². The summed E-state index contributed by atoms with van der Waals surface area (Å²) in [6.45, 7) is 3.62. The van der Waals surface area contributed by atoms with E-state index < -0.39 is 41.6 Å². The molecule has 1 N–H and O–H groups in total. The molecule has 0 fully saturated rings. The first-order valence-corrected chi connectivity index (χ1v) is 10.7. The lowest BCUT2D eigenvalue weighted by Crippen LogP contribution is -2.11. The highest BCUT2D eigenvalue weighted by Crippen LogP contribution is 2.32. The molecule has 4 rings (SSSR count). The van der Waals surface area contributed by atoms with E-state index in [9.17, 15) is 35.9 Å². The van der Waals surface area contributed by atoms with Crippen molar-refractivity contribution in [3.05, 3.63) is 70.8 Å². The van der Waals surface area contributed by atoms with E-state index >= 15 is 0 Å². The number of aromatic nitrogens is 4. The lowest BCUT2D eigenvalue weighted by Gasteiger charge is -2.06. The van der Waals surface area contributed by atoms with Gasteiger partial charge < -0.3 is 9.84 Å². The number of nitrogens with zero attached hydrogens (tertiary/aromatic N) is 4. The van der Waals surface area contributed by atoms with Gasteiger partial charge in [0.1, 0.15) is 0 Å². The third-order valence-corrected chi connectivity index (χ3v) is 5.30. The van der Waals surface area contributed by atoms with Crippen LogP contribution in [0.1, 0.15) is 57.6 Å². The molecule has 4 aromatic rings. The van der Waals surface area contributed by atoms with Gasteiger partial charge in [0, 0.05) is 12.4 Å². The molecule has 14 heteroatoms. The zero-order chi connectivity index (χ0) is 27.7. The van der Waals surface area contributed by atoms with Crippen LogP contribution in [0.5, 0.6) is 0 Å². The zero-order valence-corrected chi connectivity index (χ0v) is 19.6. The number of esters is 1. The van der Waals surface area contributed by atoms with Crippen LogP contribution in [0, 0.1) is 0 Å². The third-order valence-electron chi connectivity index (χ3n) is 5.30. The van der Waals surface area contributed by atoms with E-state index in [4.69, 9.17) is 5.11 Å². The van der Waals surface area contributed by atoms with Gasteiger partial charge in [-0.3, -0.25) is 8.80 Å². The molecule has 4 heterocycles. The van der Waals surface area contributed by atoms with Crippen LogP contribution in [0.2, 0.25) is 0 Å². The Morgan fingerprint density at radius 3 is 1.57 bits per heavy atom. The Labute approximate surface area is 205 Å². The number of fused-ring (bicyclic) bond motifs is 2. The molecule has 37 heavy (non-hydrogen) atoms. The average Bonchev–Trinajstić information content (AvgIpc) is 3.42. The smallest absolute Gasteiger partial charge is 0.450 e. The number of hydrogen-bond acceptors (Lipinski definition) is 5. The first-order valence-electron chi connectivity index (χ1n) is 10.7. The van der Waals surface area contributed by atoms with Crippen LogP contribution in [0.25, 0.3) is 11.0 Å². The molecule has 0 aromatic carbocycles. The van der Waals surface area contributed by atoms with Crippen molar-refractivity contribution in [1.82, 2.24) is 18.8 Å². The van der Waals surface area contributed by atoms with E-state index in [0.29, 0.717) is 24.0 Å². The summed E-state index contributed by atoms with van der Waals surface area (Å²) in [6.07, 6.45) is -5.60. The number of aromatic carboxylic acids is 1. The van der Waals surface area contributed by atoms with Gasteiger partial charge in [0.15, 0.2) is 11.4 Å². The second-order valence-electron chi connectivity index (χ2n) is 7.65. The minimum atomic E-state index is -4.69. The van der Waals surface area contributed by atoms with Crippen molar-refractivity contribution in [2.24, 2.45) is 0 Å². The Balaban J connectivity index is 0.000000206. The van der Waals surface area contributed by atoms with Gasteiger partial charge in [0.2, 0.25) is 11.6 Å². The molecular formula is C23H20F6N4O4. The Hall–Kier alpha value is -4.10. The van der Waals surface area contributed by atoms with E-state index in [2.05, 4.69) is 14.7 Å². The molecule has 0 amide bonds. The van der Waals surface area contributed by atoms with E-state index in [0.717, 1.165) is 15.9 Å². The standard InChI is InChI=1S/C12H11F3N2O2.C11H9F3N2O2/c1-3-7-4-5-8-9(10(18)19-2)16-11(12(13,14)15)17(8)6-7;1-2-6-3-4-7-8(9(17)18)15-10(11(12,13)14)16(7)5-6/h4-6H,3H2,1-2H3;3-5H,2H2,1H3,(H,17,18). The maximum atomic E-state index is 12.9. The molecule has 0 spiro atoms. The van der Waals surface area contributed by atoms with E-state index in [1.165, 1.54) is 24.5 Å². The molecule has 0 aliphatic carbocycles. The predicted octanol–water partition coefficient (Wildman–Crippen LogP) is 5.32. The third kappa shape index (κ3) is 5.52. The van der Waals surface area contributed by atoms with Crippen LogP contribution in [-0.4, -0.2) is 42.9 Å². The molecular weight excluding hydrogens is 510 g/mol. The lowest BCUT2D eigenvalue weighted by atomic mass is 10.2. The minimum Gasteiger partial charge on any atom is -0.476 e. The number of carbonyl (C=O) groups is 2. The number of ether oxygens (including phenoxy) is 1. The summed E-state index contributed by atoms with van der Waals surface area (Å²) in [5.74, 6) is -4.71. The van der Waals surface area contributed by atoms with Crippen LogP contribution in [0.15, 0.2) is 36.7 Å². The largest absolute Gasteiger partial charge is 0.476 e. The van der Waals surface area contributed by atoms with Crippen molar-refractivity contribution < 1.29 is 45.8 Å². The summed E-state index contributed by atoms with van der Waals surface area (Å²) in [5, 5.41) is 8.85. The summed E-state index contributed by atoms with van der Waals surface area (Å²) < 4.78 is 83.1.